The summed E-state index contributed by atoms with van der Waals surface area (Å²) in [4.78, 5) is 21.9. The molecule has 0 amide bonds. The SMILES string of the molecule is CN1C[C@H]2C[C@@]2(C#Cc2cc3ncnc(Nc4ccc(Cl)c(Cl)c4F)c3cc2[N+](=O)[O-])C1. The molecule has 2 aromatic carbocycles. The first-order valence-corrected chi connectivity index (χ1v) is 10.6. The highest BCUT2D eigenvalue weighted by molar-refractivity contribution is 6.42. The molecule has 1 saturated carbocycles. The van der Waals surface area contributed by atoms with Crippen LogP contribution in [-0.4, -0.2) is 39.9 Å². The van der Waals surface area contributed by atoms with Crippen LogP contribution in [0.25, 0.3) is 10.9 Å². The fourth-order valence-corrected chi connectivity index (χ4v) is 4.62. The van der Waals surface area contributed by atoms with E-state index in [9.17, 15) is 14.5 Å². The maximum Gasteiger partial charge on any atom is 0.285 e. The number of rotatable bonds is 3. The number of halogens is 3. The van der Waals surface area contributed by atoms with Crippen LogP contribution in [0.4, 0.5) is 21.6 Å². The van der Waals surface area contributed by atoms with Crippen molar-refractivity contribution in [1.29, 1.82) is 0 Å². The first-order chi connectivity index (χ1) is 15.3. The van der Waals surface area contributed by atoms with E-state index in [1.807, 2.05) is 0 Å². The largest absolute Gasteiger partial charge is 0.337 e. The minimum Gasteiger partial charge on any atom is -0.337 e. The number of nitro benzene ring substituents is 1. The van der Waals surface area contributed by atoms with Gasteiger partial charge in [-0.05, 0) is 37.6 Å². The Hall–Kier alpha value is -2.99. The molecule has 1 N–H and O–H groups in total. The quantitative estimate of drug-likeness (QED) is 0.249. The summed E-state index contributed by atoms with van der Waals surface area (Å²) < 4.78 is 14.5. The van der Waals surface area contributed by atoms with Crippen molar-refractivity contribution in [2.75, 3.05) is 25.5 Å². The van der Waals surface area contributed by atoms with Crippen molar-refractivity contribution in [3.8, 4) is 11.8 Å². The van der Waals surface area contributed by atoms with Gasteiger partial charge in [-0.25, -0.2) is 14.4 Å². The van der Waals surface area contributed by atoms with Gasteiger partial charge in [0.15, 0.2) is 5.82 Å². The normalized spacial score (nSPS) is 21.7. The van der Waals surface area contributed by atoms with Crippen molar-refractivity contribution >= 4 is 51.3 Å². The Morgan fingerprint density at radius 2 is 2.16 bits per heavy atom. The topological polar surface area (TPSA) is 84.2 Å². The molecule has 2 atom stereocenters. The average molecular weight is 472 g/mol. The molecule has 162 valence electrons. The first kappa shape index (κ1) is 20.9. The van der Waals surface area contributed by atoms with Crippen LogP contribution in [0.15, 0.2) is 30.6 Å². The number of nitrogens with zero attached hydrogens (tertiary/aromatic N) is 4. The molecule has 0 spiro atoms. The number of likely N-dealkylation sites (tertiary alicyclic amines) is 1. The van der Waals surface area contributed by atoms with E-state index < -0.39 is 10.7 Å². The molecule has 1 aromatic heterocycles. The van der Waals surface area contributed by atoms with Gasteiger partial charge in [-0.3, -0.25) is 10.1 Å². The summed E-state index contributed by atoms with van der Waals surface area (Å²) in [5.74, 6) is 6.29. The number of hydrogen-bond donors (Lipinski definition) is 1. The summed E-state index contributed by atoms with van der Waals surface area (Å²) >= 11 is 11.7. The zero-order valence-corrected chi connectivity index (χ0v) is 18.3. The van der Waals surface area contributed by atoms with Crippen molar-refractivity contribution in [3.63, 3.8) is 0 Å². The molecule has 1 aliphatic heterocycles. The van der Waals surface area contributed by atoms with E-state index in [-0.39, 0.29) is 32.7 Å². The van der Waals surface area contributed by atoms with E-state index in [1.165, 1.54) is 24.5 Å². The van der Waals surface area contributed by atoms with E-state index in [4.69, 9.17) is 23.2 Å². The predicted molar refractivity (Wildman–Crippen MR) is 121 cm³/mol. The Kier molecular flexibility index (Phi) is 4.93. The molecule has 32 heavy (non-hydrogen) atoms. The zero-order chi connectivity index (χ0) is 22.6. The third-order valence-corrected chi connectivity index (χ3v) is 6.78. The van der Waals surface area contributed by atoms with Crippen LogP contribution < -0.4 is 5.32 Å². The molecule has 2 heterocycles. The molecule has 2 aliphatic rings. The Morgan fingerprint density at radius 3 is 2.88 bits per heavy atom. The van der Waals surface area contributed by atoms with Crippen LogP contribution >= 0.6 is 23.2 Å². The number of nitrogens with one attached hydrogen (secondary N) is 1. The summed E-state index contributed by atoms with van der Waals surface area (Å²) in [6.07, 6.45) is 2.32. The Bertz CT molecular complexity index is 1360. The van der Waals surface area contributed by atoms with Crippen LogP contribution in [-0.2, 0) is 0 Å². The van der Waals surface area contributed by atoms with E-state index in [0.29, 0.717) is 22.4 Å². The van der Waals surface area contributed by atoms with Crippen LogP contribution in [0.2, 0.25) is 10.0 Å². The van der Waals surface area contributed by atoms with Gasteiger partial charge >= 0.3 is 0 Å². The minimum absolute atomic E-state index is 0.0372. The average Bonchev–Trinajstić information content (AvgIpc) is 3.32. The summed E-state index contributed by atoms with van der Waals surface area (Å²) in [6.45, 7) is 1.87. The lowest BCUT2D eigenvalue weighted by Gasteiger charge is -2.11. The number of nitro groups is 1. The maximum absolute atomic E-state index is 14.5. The Labute approximate surface area is 192 Å². The molecule has 7 nitrogen and oxygen atoms in total. The highest BCUT2D eigenvalue weighted by atomic mass is 35.5. The second kappa shape index (κ2) is 7.55. The molecule has 2 fully saturated rings. The smallest absolute Gasteiger partial charge is 0.285 e. The number of piperidine rings is 1. The molecule has 5 rings (SSSR count). The number of anilines is 2. The number of hydrogen-bond acceptors (Lipinski definition) is 6. The lowest BCUT2D eigenvalue weighted by molar-refractivity contribution is -0.385. The van der Waals surface area contributed by atoms with Gasteiger partial charge in [0.05, 0.1) is 26.2 Å². The standard InChI is InChI=1S/C22H16Cl2FN5O2/c1-29-9-13-8-22(13,10-29)5-4-12-6-17-14(7-18(12)30(31)32)21(27-11-26-17)28-16-3-2-15(23)19(24)20(16)25/h2-3,6-7,11,13H,8-10H2,1H3,(H,26,27,28)/t13-,22+/m1/s1. The van der Waals surface area contributed by atoms with Crippen LogP contribution in [0.5, 0.6) is 0 Å². The first-order valence-electron chi connectivity index (χ1n) is 9.83. The van der Waals surface area contributed by atoms with Crippen molar-refractivity contribution < 1.29 is 9.31 Å². The molecule has 3 aromatic rings. The lowest BCUT2D eigenvalue weighted by atomic mass is 10.0. The summed E-state index contributed by atoms with van der Waals surface area (Å²) in [5.41, 5.74) is 0.558. The minimum atomic E-state index is -0.748. The van der Waals surface area contributed by atoms with Gasteiger partial charge in [0, 0.05) is 30.0 Å². The second-order valence-electron chi connectivity index (χ2n) is 8.22. The maximum atomic E-state index is 14.5. The van der Waals surface area contributed by atoms with E-state index >= 15 is 0 Å². The number of fused-ring (bicyclic) bond motifs is 2. The molecule has 0 bridgehead atoms. The van der Waals surface area contributed by atoms with Crippen LogP contribution in [0, 0.1) is 39.1 Å². The van der Waals surface area contributed by atoms with Crippen molar-refractivity contribution in [2.24, 2.45) is 11.3 Å². The van der Waals surface area contributed by atoms with Gasteiger partial charge in [0.2, 0.25) is 0 Å². The van der Waals surface area contributed by atoms with Crippen LogP contribution in [0.1, 0.15) is 12.0 Å². The highest BCUT2D eigenvalue weighted by Crippen LogP contribution is 2.57. The Morgan fingerprint density at radius 1 is 1.34 bits per heavy atom. The van der Waals surface area contributed by atoms with Gasteiger partial charge in [-0.2, -0.15) is 0 Å². The van der Waals surface area contributed by atoms with E-state index in [0.717, 1.165) is 19.5 Å². The highest BCUT2D eigenvalue weighted by Gasteiger charge is 2.58. The molecular formula is C22H16Cl2FN5O2. The number of aromatic nitrogens is 2. The van der Waals surface area contributed by atoms with Crippen LogP contribution in [0.3, 0.4) is 0 Å². The summed E-state index contributed by atoms with van der Waals surface area (Å²) in [6, 6.07) is 5.79. The number of benzene rings is 2. The van der Waals surface area contributed by atoms with Gasteiger partial charge in [-0.15, -0.1) is 0 Å². The van der Waals surface area contributed by atoms with Gasteiger partial charge < -0.3 is 10.2 Å². The summed E-state index contributed by atoms with van der Waals surface area (Å²) in [7, 11) is 2.05. The second-order valence-corrected chi connectivity index (χ2v) is 9.00. The zero-order valence-electron chi connectivity index (χ0n) is 16.8. The lowest BCUT2D eigenvalue weighted by Crippen LogP contribution is -2.19. The Balaban J connectivity index is 1.56. The van der Waals surface area contributed by atoms with E-state index in [1.54, 1.807) is 6.07 Å². The van der Waals surface area contributed by atoms with Crippen molar-refractivity contribution in [1.82, 2.24) is 14.9 Å². The van der Waals surface area contributed by atoms with Gasteiger partial charge in [0.25, 0.3) is 5.69 Å². The third-order valence-electron chi connectivity index (χ3n) is 6.00. The molecule has 1 aliphatic carbocycles. The molecular weight excluding hydrogens is 456 g/mol. The third kappa shape index (κ3) is 3.52. The summed E-state index contributed by atoms with van der Waals surface area (Å²) in [5, 5.41) is 14.8. The van der Waals surface area contributed by atoms with E-state index in [2.05, 4.69) is 39.1 Å². The van der Waals surface area contributed by atoms with Crippen molar-refractivity contribution in [3.05, 3.63) is 62.1 Å². The van der Waals surface area contributed by atoms with Gasteiger partial charge in [0.1, 0.15) is 17.7 Å². The molecule has 0 radical (unpaired) electrons. The fourth-order valence-electron chi connectivity index (χ4n) is 4.31. The predicted octanol–water partition coefficient (Wildman–Crippen LogP) is 5.03. The van der Waals surface area contributed by atoms with Crippen molar-refractivity contribution in [2.45, 2.75) is 6.42 Å². The fraction of sp³-hybridized carbons (Fsp3) is 0.273. The molecule has 10 heteroatoms. The molecule has 1 saturated heterocycles. The van der Waals surface area contributed by atoms with Gasteiger partial charge in [-0.1, -0.05) is 35.0 Å². The monoisotopic (exact) mass is 471 g/mol. The molecule has 0 unspecified atom stereocenters.